The molecule has 1 atom stereocenters. The molecule has 34 heavy (non-hydrogen) atoms. The molecule has 0 radical (unpaired) electrons. The molecule has 0 bridgehead atoms. The van der Waals surface area contributed by atoms with Crippen molar-refractivity contribution in [2.45, 2.75) is 39.2 Å². The highest BCUT2D eigenvalue weighted by atomic mass is 32.2. The van der Waals surface area contributed by atoms with Crippen molar-refractivity contribution in [1.29, 1.82) is 0 Å². The van der Waals surface area contributed by atoms with Crippen molar-refractivity contribution in [2.24, 2.45) is 5.41 Å². The zero-order valence-corrected chi connectivity index (χ0v) is 20.9. The second-order valence-corrected chi connectivity index (χ2v) is 10.0. The molecule has 3 rings (SSSR count). The van der Waals surface area contributed by atoms with E-state index >= 15 is 0 Å². The molecule has 182 valence electrons. The van der Waals surface area contributed by atoms with E-state index in [0.29, 0.717) is 47.7 Å². The van der Waals surface area contributed by atoms with E-state index in [4.69, 9.17) is 9.47 Å². The van der Waals surface area contributed by atoms with E-state index in [0.717, 1.165) is 0 Å². The number of amides is 1. The maximum Gasteiger partial charge on any atom is 0.328 e. The van der Waals surface area contributed by atoms with Gasteiger partial charge in [0.2, 0.25) is 0 Å². The Morgan fingerprint density at radius 3 is 2.41 bits per heavy atom. The summed E-state index contributed by atoms with van der Waals surface area (Å²) in [5.41, 5.74) is 0.358. The Kier molecular flexibility index (Phi) is 7.86. The number of rotatable bonds is 8. The van der Waals surface area contributed by atoms with Crippen LogP contribution in [-0.2, 0) is 16.0 Å². The Morgan fingerprint density at radius 2 is 1.82 bits per heavy atom. The normalized spacial score (nSPS) is 15.3. The summed E-state index contributed by atoms with van der Waals surface area (Å²) in [6.07, 6.45) is 3.04. The van der Waals surface area contributed by atoms with E-state index < -0.39 is 23.5 Å². The molecular weight excluding hydrogens is 456 g/mol. The van der Waals surface area contributed by atoms with E-state index in [1.807, 2.05) is 20.1 Å². The molecule has 0 unspecified atom stereocenters. The average molecular weight is 487 g/mol. The number of esters is 1. The monoisotopic (exact) mass is 486 g/mol. The van der Waals surface area contributed by atoms with Crippen LogP contribution in [0.5, 0.6) is 5.75 Å². The predicted octanol–water partition coefficient (Wildman–Crippen LogP) is 3.03. The number of thioether (sulfide) groups is 1. The Balaban J connectivity index is 2.14. The van der Waals surface area contributed by atoms with Gasteiger partial charge in [0.05, 0.1) is 14.2 Å². The lowest BCUT2D eigenvalue weighted by atomic mass is 9.75. The number of nitrogens with zero attached hydrogens (tertiary/aromatic N) is 1. The molecule has 1 aromatic heterocycles. The maximum absolute atomic E-state index is 13.6. The molecule has 8 nitrogen and oxygen atoms in total. The second kappa shape index (κ2) is 10.5. The SMILES string of the molecule is COC(=O)[C@@H](CCSC)NC(=O)c1cc2c(n(-c3ccc(OC)cc3)c1=O)CC(C)(C)CC2=O. The summed E-state index contributed by atoms with van der Waals surface area (Å²) in [5.74, 6) is -0.202. The number of hydrogen-bond donors (Lipinski definition) is 1. The Labute approximate surface area is 203 Å². The zero-order chi connectivity index (χ0) is 25.0. The fourth-order valence-electron chi connectivity index (χ4n) is 4.14. The van der Waals surface area contributed by atoms with Gasteiger partial charge in [-0.3, -0.25) is 19.0 Å². The highest BCUT2D eigenvalue weighted by molar-refractivity contribution is 7.98. The van der Waals surface area contributed by atoms with Gasteiger partial charge in [-0.15, -0.1) is 0 Å². The van der Waals surface area contributed by atoms with Gasteiger partial charge in [0.15, 0.2) is 5.78 Å². The van der Waals surface area contributed by atoms with Crippen LogP contribution < -0.4 is 15.6 Å². The van der Waals surface area contributed by atoms with E-state index in [1.165, 1.54) is 29.5 Å². The first kappa shape index (κ1) is 25.6. The van der Waals surface area contributed by atoms with Crippen LogP contribution in [0.15, 0.2) is 35.1 Å². The summed E-state index contributed by atoms with van der Waals surface area (Å²) in [6.45, 7) is 3.95. The molecule has 0 saturated heterocycles. The summed E-state index contributed by atoms with van der Waals surface area (Å²) in [6, 6.07) is 7.32. The lowest BCUT2D eigenvalue weighted by Gasteiger charge is -2.32. The van der Waals surface area contributed by atoms with Gasteiger partial charge in [-0.1, -0.05) is 13.8 Å². The topological polar surface area (TPSA) is 104 Å². The Bertz CT molecular complexity index is 1150. The van der Waals surface area contributed by atoms with Crippen LogP contribution in [-0.4, -0.2) is 54.5 Å². The van der Waals surface area contributed by atoms with Crippen molar-refractivity contribution in [2.75, 3.05) is 26.2 Å². The third kappa shape index (κ3) is 5.35. The molecule has 1 aromatic carbocycles. The number of ketones is 1. The third-order valence-electron chi connectivity index (χ3n) is 5.87. The molecule has 2 aromatic rings. The van der Waals surface area contributed by atoms with Gasteiger partial charge in [0.25, 0.3) is 11.5 Å². The minimum absolute atomic E-state index is 0.130. The van der Waals surface area contributed by atoms with E-state index in [9.17, 15) is 19.2 Å². The molecule has 1 aliphatic rings. The number of methoxy groups -OCH3 is 2. The van der Waals surface area contributed by atoms with Crippen LogP contribution in [0.1, 0.15) is 53.1 Å². The van der Waals surface area contributed by atoms with Crippen LogP contribution in [0.2, 0.25) is 0 Å². The van der Waals surface area contributed by atoms with Gasteiger partial charge in [0, 0.05) is 23.4 Å². The molecule has 1 amide bonds. The number of pyridine rings is 1. The molecule has 9 heteroatoms. The van der Waals surface area contributed by atoms with E-state index in [1.54, 1.807) is 31.4 Å². The minimum atomic E-state index is -0.899. The van der Waals surface area contributed by atoms with Crippen LogP contribution in [0.4, 0.5) is 0 Å². The number of aromatic nitrogens is 1. The highest BCUT2D eigenvalue weighted by Crippen LogP contribution is 2.35. The van der Waals surface area contributed by atoms with Crippen molar-refractivity contribution < 1.29 is 23.9 Å². The number of ether oxygens (including phenoxy) is 2. The summed E-state index contributed by atoms with van der Waals surface area (Å²) < 4.78 is 11.5. The van der Waals surface area contributed by atoms with Crippen LogP contribution >= 0.6 is 11.8 Å². The fourth-order valence-corrected chi connectivity index (χ4v) is 4.62. The molecule has 0 spiro atoms. The van der Waals surface area contributed by atoms with Gasteiger partial charge in [-0.05, 0) is 60.6 Å². The number of fused-ring (bicyclic) bond motifs is 1. The average Bonchev–Trinajstić information content (AvgIpc) is 2.80. The first-order valence-corrected chi connectivity index (χ1v) is 12.4. The van der Waals surface area contributed by atoms with E-state index in [-0.39, 0.29) is 16.8 Å². The molecular formula is C25H30N2O6S. The van der Waals surface area contributed by atoms with Gasteiger partial charge in [-0.2, -0.15) is 11.8 Å². The second-order valence-electron chi connectivity index (χ2n) is 9.03. The molecule has 0 aliphatic heterocycles. The Morgan fingerprint density at radius 1 is 1.15 bits per heavy atom. The highest BCUT2D eigenvalue weighted by Gasteiger charge is 2.35. The van der Waals surface area contributed by atoms with Gasteiger partial charge in [0.1, 0.15) is 17.4 Å². The predicted molar refractivity (Wildman–Crippen MR) is 131 cm³/mol. The smallest absolute Gasteiger partial charge is 0.328 e. The summed E-state index contributed by atoms with van der Waals surface area (Å²) in [4.78, 5) is 52.0. The zero-order valence-electron chi connectivity index (χ0n) is 20.1. The minimum Gasteiger partial charge on any atom is -0.497 e. The van der Waals surface area contributed by atoms with Crippen molar-refractivity contribution >= 4 is 29.4 Å². The molecule has 1 heterocycles. The van der Waals surface area contributed by atoms with Gasteiger partial charge >= 0.3 is 5.97 Å². The summed E-state index contributed by atoms with van der Waals surface area (Å²) >= 11 is 1.53. The number of nitrogens with one attached hydrogen (secondary N) is 1. The van der Waals surface area contributed by atoms with Crippen LogP contribution in [0.25, 0.3) is 5.69 Å². The lowest BCUT2D eigenvalue weighted by Crippen LogP contribution is -2.45. The fraction of sp³-hybridized carbons (Fsp3) is 0.440. The number of benzene rings is 1. The van der Waals surface area contributed by atoms with Crippen molar-refractivity contribution in [3.8, 4) is 11.4 Å². The van der Waals surface area contributed by atoms with Crippen molar-refractivity contribution in [1.82, 2.24) is 9.88 Å². The lowest BCUT2D eigenvalue weighted by molar-refractivity contribution is -0.142. The summed E-state index contributed by atoms with van der Waals surface area (Å²) in [5, 5.41) is 2.62. The maximum atomic E-state index is 13.6. The van der Waals surface area contributed by atoms with Gasteiger partial charge < -0.3 is 14.8 Å². The van der Waals surface area contributed by atoms with Crippen LogP contribution in [0.3, 0.4) is 0 Å². The summed E-state index contributed by atoms with van der Waals surface area (Å²) in [7, 11) is 2.79. The van der Waals surface area contributed by atoms with Gasteiger partial charge in [-0.25, -0.2) is 4.79 Å². The standard InChI is InChI=1S/C25H30N2O6S/c1-25(2)13-20-17(21(28)14-25)12-18(22(29)26-19(10-11-34-5)24(31)33-4)23(30)27(20)15-6-8-16(32-3)9-7-15/h6-9,12,19H,10-11,13-14H2,1-5H3,(H,26,29)/t19-/m1/s1. The van der Waals surface area contributed by atoms with E-state index in [2.05, 4.69) is 5.32 Å². The van der Waals surface area contributed by atoms with Crippen molar-refractivity contribution in [3.05, 3.63) is 57.5 Å². The molecule has 0 fully saturated rings. The number of hydrogen-bond acceptors (Lipinski definition) is 7. The number of carbonyl (C=O) groups excluding carboxylic acids is 3. The Hall–Kier alpha value is -3.07. The largest absolute Gasteiger partial charge is 0.497 e. The first-order valence-electron chi connectivity index (χ1n) is 11.0. The first-order chi connectivity index (χ1) is 16.1. The third-order valence-corrected chi connectivity index (χ3v) is 6.51. The molecule has 1 N–H and O–H groups in total. The number of Topliss-reactive ketones (excluding diaryl/α,β-unsaturated/α-hetero) is 1. The van der Waals surface area contributed by atoms with Crippen molar-refractivity contribution in [3.63, 3.8) is 0 Å². The molecule has 1 aliphatic carbocycles. The number of carbonyl (C=O) groups is 3. The quantitative estimate of drug-likeness (QED) is 0.572. The van der Waals surface area contributed by atoms with Crippen LogP contribution in [0, 0.1) is 5.41 Å². The molecule has 0 saturated carbocycles.